The van der Waals surface area contributed by atoms with Gasteiger partial charge < -0.3 is 20.3 Å². The molecule has 0 aliphatic carbocycles. The largest absolute Gasteiger partial charge is 0.385 e. The lowest BCUT2D eigenvalue weighted by atomic mass is 9.98. The average molecular weight is 483 g/mol. The molecule has 8 heteroatoms. The van der Waals surface area contributed by atoms with Crippen molar-refractivity contribution in [2.75, 3.05) is 47.4 Å². The summed E-state index contributed by atoms with van der Waals surface area (Å²) in [6.45, 7) is 10.9. The van der Waals surface area contributed by atoms with Crippen molar-refractivity contribution in [1.82, 2.24) is 20.5 Å². The Bertz CT molecular complexity index is 501. The smallest absolute Gasteiger partial charge is 0.191 e. The molecule has 0 amide bonds. The summed E-state index contributed by atoms with van der Waals surface area (Å²) in [5.74, 6) is 0.811. The summed E-state index contributed by atoms with van der Waals surface area (Å²) in [4.78, 5) is 11.2. The highest BCUT2D eigenvalue weighted by molar-refractivity contribution is 14.0. The molecule has 6 nitrogen and oxygen atoms in total. The number of thiazole rings is 1. The molecular weight excluding hydrogens is 449 g/mol. The third kappa shape index (κ3) is 10.3. The Morgan fingerprint density at radius 3 is 2.60 bits per heavy atom. The van der Waals surface area contributed by atoms with E-state index in [1.54, 1.807) is 25.5 Å². The van der Waals surface area contributed by atoms with Crippen LogP contribution in [0.2, 0.25) is 0 Å². The molecule has 0 aromatic carbocycles. The minimum absolute atomic E-state index is 0. The van der Waals surface area contributed by atoms with Gasteiger partial charge in [0.2, 0.25) is 0 Å². The summed E-state index contributed by atoms with van der Waals surface area (Å²) < 4.78 is 5.07. The molecule has 0 aliphatic heterocycles. The van der Waals surface area contributed by atoms with Gasteiger partial charge in [0, 0.05) is 51.2 Å². The van der Waals surface area contributed by atoms with Crippen molar-refractivity contribution in [1.29, 1.82) is 0 Å². The van der Waals surface area contributed by atoms with Crippen LogP contribution in [-0.4, -0.2) is 63.3 Å². The summed E-state index contributed by atoms with van der Waals surface area (Å²) in [6, 6.07) is 0. The van der Waals surface area contributed by atoms with Crippen LogP contribution in [0.25, 0.3) is 0 Å². The lowest BCUT2D eigenvalue weighted by molar-refractivity contribution is 0.180. The molecule has 0 fully saturated rings. The van der Waals surface area contributed by atoms with Crippen molar-refractivity contribution in [2.24, 2.45) is 4.99 Å². The number of aromatic nitrogens is 1. The fourth-order valence-corrected chi connectivity index (χ4v) is 2.99. The summed E-state index contributed by atoms with van der Waals surface area (Å²) in [6.07, 6.45) is 1.06. The van der Waals surface area contributed by atoms with Crippen molar-refractivity contribution in [3.05, 3.63) is 16.1 Å². The monoisotopic (exact) mass is 483 g/mol. The SMILES string of the molecule is CN=C(NCCN(C)CCCOC)NCc1csc(C(C)(C)C)n1.I. The normalized spacial score (nSPS) is 12.2. The number of hydrogen-bond donors (Lipinski definition) is 2. The maximum absolute atomic E-state index is 5.07. The van der Waals surface area contributed by atoms with Gasteiger partial charge in [-0.1, -0.05) is 20.8 Å². The average Bonchev–Trinajstić information content (AvgIpc) is 3.00. The predicted octanol–water partition coefficient (Wildman–Crippen LogP) is 2.69. The number of ether oxygens (including phenoxy) is 1. The molecule has 1 aromatic rings. The Balaban J connectivity index is 0.00000576. The van der Waals surface area contributed by atoms with Crippen molar-refractivity contribution >= 4 is 41.3 Å². The molecule has 0 atom stereocenters. The second-order valence-corrected chi connectivity index (χ2v) is 7.75. The van der Waals surface area contributed by atoms with Crippen molar-refractivity contribution in [2.45, 2.75) is 39.2 Å². The molecular formula is C17H34IN5OS. The molecule has 1 aromatic heterocycles. The zero-order chi connectivity index (χ0) is 18.0. The lowest BCUT2D eigenvalue weighted by Gasteiger charge is -2.18. The van der Waals surface area contributed by atoms with Gasteiger partial charge >= 0.3 is 0 Å². The van der Waals surface area contributed by atoms with E-state index >= 15 is 0 Å². The van der Waals surface area contributed by atoms with Crippen molar-refractivity contribution in [3.8, 4) is 0 Å². The molecule has 0 bridgehead atoms. The topological polar surface area (TPSA) is 61.8 Å². The zero-order valence-electron chi connectivity index (χ0n) is 16.4. The summed E-state index contributed by atoms with van der Waals surface area (Å²) in [5, 5.41) is 9.94. The van der Waals surface area contributed by atoms with Gasteiger partial charge in [-0.15, -0.1) is 35.3 Å². The van der Waals surface area contributed by atoms with Crippen LogP contribution >= 0.6 is 35.3 Å². The van der Waals surface area contributed by atoms with Gasteiger partial charge in [0.05, 0.1) is 17.2 Å². The van der Waals surface area contributed by atoms with E-state index in [0.717, 1.165) is 44.3 Å². The Kier molecular flexibility index (Phi) is 12.6. The highest BCUT2D eigenvalue weighted by atomic mass is 127. The molecule has 0 spiro atoms. The molecule has 0 unspecified atom stereocenters. The van der Waals surface area contributed by atoms with E-state index in [0.29, 0.717) is 6.54 Å². The van der Waals surface area contributed by atoms with Crippen LogP contribution in [-0.2, 0) is 16.7 Å². The number of hydrogen-bond acceptors (Lipinski definition) is 5. The third-order valence-corrected chi connectivity index (χ3v) is 4.85. The highest BCUT2D eigenvalue weighted by Gasteiger charge is 2.17. The standard InChI is InChI=1S/C17H33N5OS.HI/c1-17(2,3)15-21-14(13-24-15)12-20-16(18-4)19-8-10-22(5)9-7-11-23-6;/h13H,7-12H2,1-6H3,(H2,18,19,20);1H. The zero-order valence-corrected chi connectivity index (χ0v) is 19.5. The number of guanidine groups is 1. The first-order chi connectivity index (χ1) is 11.4. The van der Waals surface area contributed by atoms with E-state index in [-0.39, 0.29) is 29.4 Å². The maximum Gasteiger partial charge on any atom is 0.191 e. The predicted molar refractivity (Wildman–Crippen MR) is 118 cm³/mol. The van der Waals surface area contributed by atoms with E-state index < -0.39 is 0 Å². The number of nitrogens with one attached hydrogen (secondary N) is 2. The van der Waals surface area contributed by atoms with Gasteiger partial charge in [0.1, 0.15) is 0 Å². The molecule has 1 rings (SSSR count). The van der Waals surface area contributed by atoms with Gasteiger partial charge in [-0.05, 0) is 13.5 Å². The Morgan fingerprint density at radius 2 is 2.04 bits per heavy atom. The molecule has 0 aliphatic rings. The minimum atomic E-state index is 0. The molecule has 0 saturated heterocycles. The van der Waals surface area contributed by atoms with Crippen LogP contribution < -0.4 is 10.6 Å². The van der Waals surface area contributed by atoms with E-state index in [4.69, 9.17) is 9.72 Å². The van der Waals surface area contributed by atoms with E-state index in [9.17, 15) is 0 Å². The molecule has 0 radical (unpaired) electrons. The summed E-state index contributed by atoms with van der Waals surface area (Å²) in [7, 11) is 5.65. The van der Waals surface area contributed by atoms with Crippen LogP contribution in [0.3, 0.4) is 0 Å². The van der Waals surface area contributed by atoms with Gasteiger partial charge in [-0.2, -0.15) is 0 Å². The number of methoxy groups -OCH3 is 1. The Hall–Kier alpha value is -0.450. The van der Waals surface area contributed by atoms with Crippen LogP contribution in [0, 0.1) is 0 Å². The van der Waals surface area contributed by atoms with Gasteiger partial charge in [-0.25, -0.2) is 4.98 Å². The van der Waals surface area contributed by atoms with Gasteiger partial charge in [0.25, 0.3) is 0 Å². The second-order valence-electron chi connectivity index (χ2n) is 6.90. The molecule has 2 N–H and O–H groups in total. The molecule has 25 heavy (non-hydrogen) atoms. The van der Waals surface area contributed by atoms with E-state index in [1.807, 2.05) is 0 Å². The first kappa shape index (κ1) is 24.6. The first-order valence-electron chi connectivity index (χ1n) is 8.43. The highest BCUT2D eigenvalue weighted by Crippen LogP contribution is 2.25. The van der Waals surface area contributed by atoms with Crippen molar-refractivity contribution in [3.63, 3.8) is 0 Å². The Labute approximate surface area is 173 Å². The molecule has 1 heterocycles. The van der Waals surface area contributed by atoms with Crippen LogP contribution in [0.1, 0.15) is 37.9 Å². The second kappa shape index (κ2) is 12.8. The van der Waals surface area contributed by atoms with Crippen molar-refractivity contribution < 1.29 is 4.74 Å². The molecule has 0 saturated carbocycles. The number of nitrogens with zero attached hydrogens (tertiary/aromatic N) is 3. The van der Waals surface area contributed by atoms with E-state index in [2.05, 4.69) is 53.7 Å². The number of aliphatic imine (C=N–C) groups is 1. The van der Waals surface area contributed by atoms with Crippen LogP contribution in [0.15, 0.2) is 10.4 Å². The number of likely N-dealkylation sites (N-methyl/N-ethyl adjacent to an activating group) is 1. The minimum Gasteiger partial charge on any atom is -0.385 e. The first-order valence-corrected chi connectivity index (χ1v) is 9.31. The van der Waals surface area contributed by atoms with Gasteiger partial charge in [0.15, 0.2) is 5.96 Å². The summed E-state index contributed by atoms with van der Waals surface area (Å²) >= 11 is 1.72. The summed E-state index contributed by atoms with van der Waals surface area (Å²) in [5.41, 5.74) is 1.17. The van der Waals surface area contributed by atoms with Crippen LogP contribution in [0.4, 0.5) is 0 Å². The third-order valence-electron chi connectivity index (χ3n) is 3.53. The molecule has 146 valence electrons. The lowest BCUT2D eigenvalue weighted by Crippen LogP contribution is -2.40. The van der Waals surface area contributed by atoms with Crippen LogP contribution in [0.5, 0.6) is 0 Å². The fraction of sp³-hybridized carbons (Fsp3) is 0.765. The van der Waals surface area contributed by atoms with E-state index in [1.165, 1.54) is 5.01 Å². The Morgan fingerprint density at radius 1 is 1.32 bits per heavy atom. The maximum atomic E-state index is 5.07. The fourth-order valence-electron chi connectivity index (χ4n) is 2.08. The quantitative estimate of drug-likeness (QED) is 0.245. The van der Waals surface area contributed by atoms with Gasteiger partial charge in [-0.3, -0.25) is 4.99 Å². The number of rotatable bonds is 9. The number of halogens is 1.